The predicted octanol–water partition coefficient (Wildman–Crippen LogP) is 7.71. The average molecular weight is 586 g/mol. The number of allylic oxidation sites excluding steroid dienone is 1. The van der Waals surface area contributed by atoms with Crippen molar-refractivity contribution in [3.05, 3.63) is 114 Å². The van der Waals surface area contributed by atoms with Gasteiger partial charge in [-0.15, -0.1) is 0 Å². The molecule has 0 saturated heterocycles. The Morgan fingerprint density at radius 3 is 2.39 bits per heavy atom. The van der Waals surface area contributed by atoms with Gasteiger partial charge in [-0.2, -0.15) is 5.10 Å². The first-order chi connectivity index (χ1) is 21.1. The third kappa shape index (κ3) is 5.10. The molecule has 1 atom stereocenters. The lowest BCUT2D eigenvalue weighted by Crippen LogP contribution is -2.43. The molecule has 44 heavy (non-hydrogen) atoms. The zero-order chi connectivity index (χ0) is 31.1. The van der Waals surface area contributed by atoms with Crippen LogP contribution >= 0.6 is 0 Å². The van der Waals surface area contributed by atoms with Crippen LogP contribution < -0.4 is 15.5 Å². The highest BCUT2D eigenvalue weighted by Crippen LogP contribution is 2.45. The minimum Gasteiger partial charge on any atom is -0.361 e. The Morgan fingerprint density at radius 1 is 1.00 bits per heavy atom. The Kier molecular flexibility index (Phi) is 7.45. The van der Waals surface area contributed by atoms with Crippen molar-refractivity contribution < 1.29 is 4.79 Å². The van der Waals surface area contributed by atoms with Crippen LogP contribution in [0, 0.1) is 6.92 Å². The second-order valence-corrected chi connectivity index (χ2v) is 12.5. The fourth-order valence-electron chi connectivity index (χ4n) is 6.22. The minimum atomic E-state index is -0.592. The van der Waals surface area contributed by atoms with Crippen molar-refractivity contribution >= 4 is 34.0 Å². The van der Waals surface area contributed by atoms with Crippen LogP contribution in [-0.4, -0.2) is 32.8 Å². The molecule has 0 aliphatic heterocycles. The van der Waals surface area contributed by atoms with Crippen LogP contribution in [-0.2, 0) is 11.0 Å². The van der Waals surface area contributed by atoms with Crippen molar-refractivity contribution in [2.24, 2.45) is 5.73 Å². The van der Waals surface area contributed by atoms with Crippen molar-refractivity contribution in [1.82, 2.24) is 19.7 Å². The Labute approximate surface area is 258 Å². The Morgan fingerprint density at radius 2 is 1.75 bits per heavy atom. The molecule has 0 fully saturated rings. The molecule has 0 spiro atoms. The van der Waals surface area contributed by atoms with Crippen molar-refractivity contribution in [2.45, 2.75) is 57.9 Å². The van der Waals surface area contributed by atoms with Gasteiger partial charge in [0.25, 0.3) is 0 Å². The number of amides is 2. The van der Waals surface area contributed by atoms with Gasteiger partial charge in [0.2, 0.25) is 0 Å². The smallest absolute Gasteiger partial charge is 0.325 e. The van der Waals surface area contributed by atoms with Crippen molar-refractivity contribution in [1.29, 1.82) is 0 Å². The molecule has 0 saturated carbocycles. The molecule has 6 rings (SSSR count). The fraction of sp³-hybridized carbons (Fsp3) is 0.278. The summed E-state index contributed by atoms with van der Waals surface area (Å²) in [5.74, 6) is 0.562. The molecule has 2 aromatic carbocycles. The number of anilines is 3. The molecule has 2 N–H and O–H groups in total. The zero-order valence-corrected chi connectivity index (χ0v) is 26.0. The summed E-state index contributed by atoms with van der Waals surface area (Å²) in [6.07, 6.45) is 13.1. The van der Waals surface area contributed by atoms with Gasteiger partial charge in [-0.25, -0.2) is 14.4 Å². The van der Waals surface area contributed by atoms with Gasteiger partial charge >= 0.3 is 6.03 Å². The topological polar surface area (TPSA) is 93.2 Å². The van der Waals surface area contributed by atoms with Gasteiger partial charge in [-0.05, 0) is 67.5 Å². The summed E-state index contributed by atoms with van der Waals surface area (Å²) in [5, 5.41) is 6.94. The summed E-state index contributed by atoms with van der Waals surface area (Å²) in [6.45, 7) is 8.25. The van der Waals surface area contributed by atoms with Crippen LogP contribution in [0.5, 0.6) is 0 Å². The number of carbonyl (C=O) groups excluding carboxylic acids is 1. The normalized spacial score (nSPS) is 16.7. The molecule has 8 heteroatoms. The predicted molar refractivity (Wildman–Crippen MR) is 178 cm³/mol. The van der Waals surface area contributed by atoms with E-state index in [1.54, 1.807) is 15.8 Å². The molecule has 1 aliphatic rings. The Bertz CT molecular complexity index is 1840. The summed E-state index contributed by atoms with van der Waals surface area (Å²) in [7, 11) is 2.14. The van der Waals surface area contributed by atoms with E-state index in [0.717, 1.165) is 52.8 Å². The molecule has 0 radical (unpaired) electrons. The third-order valence-electron chi connectivity index (χ3n) is 8.63. The molecular formula is C36H39N7O. The first kappa shape index (κ1) is 29.1. The number of aryl methyl sites for hydroxylation is 1. The van der Waals surface area contributed by atoms with Crippen LogP contribution in [0.25, 0.3) is 16.5 Å². The number of hydrogen-bond donors (Lipinski definition) is 1. The second-order valence-electron chi connectivity index (χ2n) is 12.5. The number of aromatic nitrogens is 4. The summed E-state index contributed by atoms with van der Waals surface area (Å²) < 4.78 is 1.77. The molecule has 224 valence electrons. The maximum absolute atomic E-state index is 13.4. The van der Waals surface area contributed by atoms with E-state index >= 15 is 0 Å². The SMILES string of the molecule is Cc1ccc(-n2nc(C(C)(C)C)cc2N(C(N)=O)c2ccc(C3(N(C)c4ccncc4)C=CCCC3)c3ccccc23)cn1. The second kappa shape index (κ2) is 11.3. The number of hydrogen-bond acceptors (Lipinski definition) is 5. The standard InChI is InChI=1S/C36H39N7O/c1-25-13-14-27(24-39-25)43-33(23-32(40-43)35(2,3)4)42(34(37)44)31-16-15-30(28-11-7-8-12-29(28)31)36(19-9-6-10-20-36)41(5)26-17-21-38-22-18-26/h7-9,11-19,21-24H,6,10,20H2,1-5H3,(H2,37,44). The summed E-state index contributed by atoms with van der Waals surface area (Å²) in [4.78, 5) is 26.1. The highest BCUT2D eigenvalue weighted by molar-refractivity contribution is 6.08. The largest absolute Gasteiger partial charge is 0.361 e. The molecule has 2 amide bonds. The molecular weight excluding hydrogens is 546 g/mol. The third-order valence-corrected chi connectivity index (χ3v) is 8.63. The summed E-state index contributed by atoms with van der Waals surface area (Å²) in [6, 6.07) is 21.8. The van der Waals surface area contributed by atoms with Crippen LogP contribution in [0.15, 0.2) is 97.5 Å². The van der Waals surface area contributed by atoms with Gasteiger partial charge in [0.05, 0.1) is 28.8 Å². The number of carbonyl (C=O) groups is 1. The first-order valence-corrected chi connectivity index (χ1v) is 15.1. The molecule has 1 aliphatic carbocycles. The molecule has 0 bridgehead atoms. The zero-order valence-electron chi connectivity index (χ0n) is 26.0. The van der Waals surface area contributed by atoms with E-state index in [2.05, 4.69) is 79.1 Å². The fourth-order valence-corrected chi connectivity index (χ4v) is 6.22. The van der Waals surface area contributed by atoms with Crippen molar-refractivity contribution in [2.75, 3.05) is 16.8 Å². The summed E-state index contributed by atoms with van der Waals surface area (Å²) >= 11 is 0. The van der Waals surface area contributed by atoms with E-state index in [1.165, 1.54) is 5.56 Å². The number of fused-ring (bicyclic) bond motifs is 1. The van der Waals surface area contributed by atoms with Crippen molar-refractivity contribution in [3.63, 3.8) is 0 Å². The highest BCUT2D eigenvalue weighted by atomic mass is 16.2. The number of rotatable bonds is 6. The van der Waals surface area contributed by atoms with E-state index in [1.807, 2.05) is 61.8 Å². The number of primary amides is 1. The lowest BCUT2D eigenvalue weighted by Gasteiger charge is -2.44. The summed E-state index contributed by atoms with van der Waals surface area (Å²) in [5.41, 5.74) is 11.0. The molecule has 5 aromatic rings. The molecule has 1 unspecified atom stereocenters. The van der Waals surface area contributed by atoms with Crippen molar-refractivity contribution in [3.8, 4) is 5.69 Å². The van der Waals surface area contributed by atoms with E-state index in [4.69, 9.17) is 10.8 Å². The van der Waals surface area contributed by atoms with E-state index in [-0.39, 0.29) is 11.0 Å². The van der Waals surface area contributed by atoms with Crippen LogP contribution in [0.1, 0.15) is 57.0 Å². The quantitative estimate of drug-likeness (QED) is 0.206. The van der Waals surface area contributed by atoms with Gasteiger partial charge in [0.1, 0.15) is 5.82 Å². The van der Waals surface area contributed by atoms with Crippen LogP contribution in [0.3, 0.4) is 0 Å². The molecule has 3 heterocycles. The lowest BCUT2D eigenvalue weighted by molar-refractivity contribution is 0.256. The van der Waals surface area contributed by atoms with E-state index in [9.17, 15) is 4.79 Å². The van der Waals surface area contributed by atoms with Gasteiger partial charge in [0, 0.05) is 47.7 Å². The van der Waals surface area contributed by atoms with Gasteiger partial charge in [-0.1, -0.05) is 63.3 Å². The number of nitrogens with zero attached hydrogens (tertiary/aromatic N) is 6. The van der Waals surface area contributed by atoms with E-state index < -0.39 is 6.03 Å². The van der Waals surface area contributed by atoms with Crippen LogP contribution in [0.4, 0.5) is 22.0 Å². The maximum Gasteiger partial charge on any atom is 0.325 e. The monoisotopic (exact) mass is 585 g/mol. The van der Waals surface area contributed by atoms with Gasteiger partial charge in [-0.3, -0.25) is 9.97 Å². The Hall–Kier alpha value is -4.98. The molecule has 8 nitrogen and oxygen atoms in total. The maximum atomic E-state index is 13.4. The van der Waals surface area contributed by atoms with Crippen LogP contribution in [0.2, 0.25) is 0 Å². The van der Waals surface area contributed by atoms with Gasteiger partial charge < -0.3 is 10.6 Å². The molecule has 3 aromatic heterocycles. The van der Waals surface area contributed by atoms with Gasteiger partial charge in [0.15, 0.2) is 0 Å². The van der Waals surface area contributed by atoms with E-state index in [0.29, 0.717) is 11.5 Å². The Balaban J connectivity index is 1.57. The minimum absolute atomic E-state index is 0.259. The number of likely N-dealkylation sites (N-methyl/N-ethyl adjacent to an activating group) is 1. The average Bonchev–Trinajstić information content (AvgIpc) is 3.47. The highest BCUT2D eigenvalue weighted by Gasteiger charge is 2.38. The number of urea groups is 1. The first-order valence-electron chi connectivity index (χ1n) is 15.1. The number of nitrogens with two attached hydrogens (primary N) is 1. The number of pyridine rings is 2. The lowest BCUT2D eigenvalue weighted by atomic mass is 9.77. The number of benzene rings is 2.